The number of nitrogens with one attached hydrogen (secondary N) is 1. The van der Waals surface area contributed by atoms with Crippen LogP contribution in [0.1, 0.15) is 11.9 Å². The Hall–Kier alpha value is -2.04. The lowest BCUT2D eigenvalue weighted by Crippen LogP contribution is -2.49. The Morgan fingerprint density at radius 2 is 2.08 bits per heavy atom. The van der Waals surface area contributed by atoms with E-state index < -0.39 is 29.1 Å². The molecule has 1 fully saturated rings. The fourth-order valence-corrected chi connectivity index (χ4v) is 4.48. The molecule has 2 heterocycles. The molecule has 1 atom stereocenters. The van der Waals surface area contributed by atoms with Crippen LogP contribution in [-0.4, -0.2) is 54.9 Å². The molecule has 142 valence electrons. The number of ether oxygens (including phenoxy) is 1. The van der Waals surface area contributed by atoms with Crippen LogP contribution >= 0.6 is 0 Å². The lowest BCUT2D eigenvalue weighted by atomic mass is 10.2. The molecule has 1 unspecified atom stereocenters. The summed E-state index contributed by atoms with van der Waals surface area (Å²) in [7, 11) is -1.95. The molecular weight excluding hydrogens is 366 g/mol. The van der Waals surface area contributed by atoms with Crippen molar-refractivity contribution in [1.29, 1.82) is 0 Å². The molecule has 1 aromatic heterocycles. The summed E-state index contributed by atoms with van der Waals surface area (Å²) in [6.07, 6.45) is 0.811. The van der Waals surface area contributed by atoms with E-state index in [1.54, 1.807) is 17.0 Å². The molecule has 26 heavy (non-hydrogen) atoms. The number of hydrogen-bond acceptors (Lipinski definition) is 5. The monoisotopic (exact) mass is 386 g/mol. The summed E-state index contributed by atoms with van der Waals surface area (Å²) in [5.41, 5.74) is 0. The third-order valence-corrected chi connectivity index (χ3v) is 6.08. The Balaban J connectivity index is 1.84. The highest BCUT2D eigenvalue weighted by Crippen LogP contribution is 2.28. The van der Waals surface area contributed by atoms with Crippen molar-refractivity contribution >= 4 is 10.0 Å². The van der Waals surface area contributed by atoms with Crippen molar-refractivity contribution in [3.05, 3.63) is 42.5 Å². The van der Waals surface area contributed by atoms with Gasteiger partial charge in [0.05, 0.1) is 10.9 Å². The van der Waals surface area contributed by atoms with Gasteiger partial charge in [-0.15, -0.1) is 0 Å². The van der Waals surface area contributed by atoms with E-state index in [1.165, 1.54) is 28.6 Å². The highest BCUT2D eigenvalue weighted by atomic mass is 32.2. The summed E-state index contributed by atoms with van der Waals surface area (Å²) >= 11 is 0. The molecule has 10 heteroatoms. The summed E-state index contributed by atoms with van der Waals surface area (Å²) in [6, 6.07) is 5.07. The van der Waals surface area contributed by atoms with Crippen molar-refractivity contribution in [3.8, 4) is 5.75 Å². The zero-order valence-corrected chi connectivity index (χ0v) is 15.0. The average molecular weight is 386 g/mol. The van der Waals surface area contributed by atoms with E-state index in [9.17, 15) is 17.2 Å². The van der Waals surface area contributed by atoms with Crippen molar-refractivity contribution in [1.82, 2.24) is 19.2 Å². The average Bonchev–Trinajstić information content (AvgIpc) is 3.06. The lowest BCUT2D eigenvalue weighted by Gasteiger charge is -2.34. The van der Waals surface area contributed by atoms with Gasteiger partial charge in [-0.3, -0.25) is 0 Å². The number of aryl methyl sites for hydroxylation is 1. The highest BCUT2D eigenvalue weighted by Gasteiger charge is 2.36. The first-order valence-corrected chi connectivity index (χ1v) is 9.54. The van der Waals surface area contributed by atoms with Gasteiger partial charge in [0.2, 0.25) is 10.0 Å². The first-order chi connectivity index (χ1) is 12.4. The standard InChI is InChI=1S/C16H20F2N4O3S/c1-21-8-7-20-16(21)14-10-19-6-9-22(14)26(23,24)13-4-2-12(3-5-13)25-11-15(17)18/h2-5,7-8,14-15,19H,6,9-11H2,1H3. The van der Waals surface area contributed by atoms with Crippen LogP contribution in [0.3, 0.4) is 0 Å². The van der Waals surface area contributed by atoms with Gasteiger partial charge >= 0.3 is 0 Å². The van der Waals surface area contributed by atoms with E-state index in [1.807, 2.05) is 7.05 Å². The van der Waals surface area contributed by atoms with Crippen LogP contribution in [0.2, 0.25) is 0 Å². The van der Waals surface area contributed by atoms with Gasteiger partial charge in [-0.1, -0.05) is 0 Å². The van der Waals surface area contributed by atoms with Crippen LogP contribution in [0.5, 0.6) is 5.75 Å². The second kappa shape index (κ2) is 7.68. The second-order valence-electron chi connectivity index (χ2n) is 5.91. The lowest BCUT2D eigenvalue weighted by molar-refractivity contribution is 0.0819. The molecule has 0 amide bonds. The van der Waals surface area contributed by atoms with Crippen LogP contribution in [0.15, 0.2) is 41.6 Å². The molecule has 0 spiro atoms. The van der Waals surface area contributed by atoms with Gasteiger partial charge in [-0.05, 0) is 24.3 Å². The predicted molar refractivity (Wildman–Crippen MR) is 90.7 cm³/mol. The van der Waals surface area contributed by atoms with Gasteiger partial charge in [0.1, 0.15) is 18.2 Å². The van der Waals surface area contributed by atoms with Crippen LogP contribution in [-0.2, 0) is 17.1 Å². The van der Waals surface area contributed by atoms with E-state index >= 15 is 0 Å². The number of halogens is 2. The van der Waals surface area contributed by atoms with E-state index in [0.717, 1.165) is 0 Å². The number of benzene rings is 1. The van der Waals surface area contributed by atoms with Crippen molar-refractivity contribution in [2.75, 3.05) is 26.2 Å². The van der Waals surface area contributed by atoms with Gasteiger partial charge in [0, 0.05) is 39.1 Å². The molecule has 3 rings (SSSR count). The molecule has 1 aliphatic rings. The minimum atomic E-state index is -3.77. The summed E-state index contributed by atoms with van der Waals surface area (Å²) in [6.45, 7) is 0.573. The number of nitrogens with zero attached hydrogens (tertiary/aromatic N) is 3. The Morgan fingerprint density at radius 1 is 1.35 bits per heavy atom. The highest BCUT2D eigenvalue weighted by molar-refractivity contribution is 7.89. The summed E-state index contributed by atoms with van der Waals surface area (Å²) in [4.78, 5) is 4.36. The largest absolute Gasteiger partial charge is 0.488 e. The maximum absolute atomic E-state index is 13.1. The number of sulfonamides is 1. The van der Waals surface area contributed by atoms with Gasteiger partial charge in [-0.2, -0.15) is 4.31 Å². The third-order valence-electron chi connectivity index (χ3n) is 4.16. The summed E-state index contributed by atoms with van der Waals surface area (Å²) in [5.74, 6) is 0.850. The molecule has 1 aliphatic heterocycles. The zero-order valence-electron chi connectivity index (χ0n) is 14.2. The summed E-state index contributed by atoms with van der Waals surface area (Å²) < 4.78 is 58.7. The molecule has 1 saturated heterocycles. The second-order valence-corrected chi connectivity index (χ2v) is 7.80. The normalized spacial score (nSPS) is 19.0. The quantitative estimate of drug-likeness (QED) is 0.812. The van der Waals surface area contributed by atoms with Gasteiger partial charge in [0.15, 0.2) is 0 Å². The van der Waals surface area contributed by atoms with Gasteiger partial charge < -0.3 is 14.6 Å². The smallest absolute Gasteiger partial charge is 0.272 e. The minimum Gasteiger partial charge on any atom is -0.488 e. The molecule has 0 aliphatic carbocycles. The molecule has 0 saturated carbocycles. The Bertz CT molecular complexity index is 839. The van der Waals surface area contributed by atoms with E-state index in [0.29, 0.717) is 25.5 Å². The molecule has 2 aromatic rings. The zero-order chi connectivity index (χ0) is 18.7. The van der Waals surface area contributed by atoms with Crippen molar-refractivity contribution < 1.29 is 21.9 Å². The van der Waals surface area contributed by atoms with Gasteiger partial charge in [-0.25, -0.2) is 22.2 Å². The number of rotatable bonds is 6. The Morgan fingerprint density at radius 3 is 2.69 bits per heavy atom. The predicted octanol–water partition coefficient (Wildman–Crippen LogP) is 1.40. The third kappa shape index (κ3) is 3.87. The molecule has 1 aromatic carbocycles. The molecule has 7 nitrogen and oxygen atoms in total. The molecular formula is C16H20F2N4O3S. The number of hydrogen-bond donors (Lipinski definition) is 1. The molecule has 1 N–H and O–H groups in total. The van der Waals surface area contributed by atoms with E-state index in [-0.39, 0.29) is 10.6 Å². The first kappa shape index (κ1) is 18.7. The van der Waals surface area contributed by atoms with Crippen molar-refractivity contribution in [2.45, 2.75) is 17.4 Å². The topological polar surface area (TPSA) is 76.5 Å². The molecule has 0 bridgehead atoms. The maximum atomic E-state index is 13.1. The van der Waals surface area contributed by atoms with Crippen molar-refractivity contribution in [2.24, 2.45) is 7.05 Å². The van der Waals surface area contributed by atoms with Crippen molar-refractivity contribution in [3.63, 3.8) is 0 Å². The van der Waals surface area contributed by atoms with Gasteiger partial charge in [0.25, 0.3) is 6.43 Å². The number of piperazine rings is 1. The van der Waals surface area contributed by atoms with Crippen LogP contribution in [0.25, 0.3) is 0 Å². The number of alkyl halides is 2. The number of imidazole rings is 1. The summed E-state index contributed by atoms with van der Waals surface area (Å²) in [5, 5.41) is 3.19. The van der Waals surface area contributed by atoms with Crippen LogP contribution < -0.4 is 10.1 Å². The van der Waals surface area contributed by atoms with Crippen LogP contribution in [0.4, 0.5) is 8.78 Å². The van der Waals surface area contributed by atoms with E-state index in [4.69, 9.17) is 4.74 Å². The Labute approximate surface area is 150 Å². The maximum Gasteiger partial charge on any atom is 0.272 e. The fraction of sp³-hybridized carbons (Fsp3) is 0.438. The first-order valence-electron chi connectivity index (χ1n) is 8.10. The number of aromatic nitrogens is 2. The minimum absolute atomic E-state index is 0.0861. The SMILES string of the molecule is Cn1ccnc1C1CNCCN1S(=O)(=O)c1ccc(OCC(F)F)cc1. The Kier molecular flexibility index (Phi) is 5.54. The fourth-order valence-electron chi connectivity index (χ4n) is 2.89. The molecule has 0 radical (unpaired) electrons. The van der Waals surface area contributed by atoms with Crippen LogP contribution in [0, 0.1) is 0 Å². The van der Waals surface area contributed by atoms with E-state index in [2.05, 4.69) is 10.3 Å².